The summed E-state index contributed by atoms with van der Waals surface area (Å²) in [5.74, 6) is 0.277. The summed E-state index contributed by atoms with van der Waals surface area (Å²) in [6.07, 6.45) is 0. The monoisotopic (exact) mass is 323 g/mol. The summed E-state index contributed by atoms with van der Waals surface area (Å²) in [4.78, 5) is 11.8. The van der Waals surface area contributed by atoms with Crippen molar-refractivity contribution < 1.29 is 9.18 Å². The first-order valence-electron chi connectivity index (χ1n) is 6.43. The van der Waals surface area contributed by atoms with Crippen LogP contribution in [0.25, 0.3) is 0 Å². The molecule has 2 aromatic rings. The van der Waals surface area contributed by atoms with Crippen LogP contribution in [0.1, 0.15) is 11.1 Å². The van der Waals surface area contributed by atoms with Gasteiger partial charge in [0.05, 0.1) is 5.75 Å². The molecule has 0 heterocycles. The third-order valence-corrected chi connectivity index (χ3v) is 4.14. The minimum atomic E-state index is -0.339. The number of carbonyl (C=O) groups excluding carboxylic acids is 1. The molecular weight excluding hydrogens is 309 g/mol. The average molecular weight is 324 g/mol. The number of carbonyl (C=O) groups is 1. The summed E-state index contributed by atoms with van der Waals surface area (Å²) >= 11 is 7.06. The lowest BCUT2D eigenvalue weighted by Gasteiger charge is -2.08. The number of thioether (sulfide) groups is 1. The standard InChI is InChI=1S/C16H15ClFNOS/c1-11-4-2-3-5-15(11)19-16(20)10-21-9-12-6-7-13(17)8-14(12)18/h2-8H,9-10H2,1H3,(H,19,20). The first-order valence-corrected chi connectivity index (χ1v) is 7.96. The van der Waals surface area contributed by atoms with E-state index in [0.29, 0.717) is 16.3 Å². The molecule has 5 heteroatoms. The highest BCUT2D eigenvalue weighted by Crippen LogP contribution is 2.20. The summed E-state index contributed by atoms with van der Waals surface area (Å²) in [6.45, 7) is 1.94. The highest BCUT2D eigenvalue weighted by Gasteiger charge is 2.07. The molecule has 0 radical (unpaired) electrons. The average Bonchev–Trinajstić information content (AvgIpc) is 2.44. The first kappa shape index (κ1) is 15.9. The van der Waals surface area contributed by atoms with E-state index >= 15 is 0 Å². The molecule has 2 nitrogen and oxygen atoms in total. The van der Waals surface area contributed by atoms with Crippen LogP contribution < -0.4 is 5.32 Å². The number of rotatable bonds is 5. The van der Waals surface area contributed by atoms with Crippen molar-refractivity contribution in [2.45, 2.75) is 12.7 Å². The summed E-state index contributed by atoms with van der Waals surface area (Å²) < 4.78 is 13.6. The van der Waals surface area contributed by atoms with Crippen molar-refractivity contribution in [1.29, 1.82) is 0 Å². The maximum Gasteiger partial charge on any atom is 0.234 e. The van der Waals surface area contributed by atoms with Gasteiger partial charge >= 0.3 is 0 Å². The van der Waals surface area contributed by atoms with Gasteiger partial charge in [-0.3, -0.25) is 4.79 Å². The second-order valence-electron chi connectivity index (χ2n) is 4.59. The van der Waals surface area contributed by atoms with Gasteiger partial charge in [-0.25, -0.2) is 4.39 Å². The minimum Gasteiger partial charge on any atom is -0.325 e. The molecular formula is C16H15ClFNOS. The van der Waals surface area contributed by atoms with Crippen LogP contribution in [0.15, 0.2) is 42.5 Å². The number of benzene rings is 2. The maximum atomic E-state index is 13.6. The Bertz CT molecular complexity index is 648. The Balaban J connectivity index is 1.83. The second kappa shape index (κ2) is 7.48. The SMILES string of the molecule is Cc1ccccc1NC(=O)CSCc1ccc(Cl)cc1F. The lowest BCUT2D eigenvalue weighted by atomic mass is 10.2. The Morgan fingerprint density at radius 3 is 2.76 bits per heavy atom. The van der Waals surface area contributed by atoms with Crippen molar-refractivity contribution in [3.05, 3.63) is 64.4 Å². The number of aryl methyl sites for hydroxylation is 1. The van der Waals surface area contributed by atoms with E-state index in [9.17, 15) is 9.18 Å². The van der Waals surface area contributed by atoms with E-state index in [1.165, 1.54) is 17.8 Å². The molecule has 0 atom stereocenters. The number of nitrogens with one attached hydrogen (secondary N) is 1. The zero-order chi connectivity index (χ0) is 15.2. The first-order chi connectivity index (χ1) is 10.1. The molecule has 0 aromatic heterocycles. The van der Waals surface area contributed by atoms with Crippen LogP contribution in [0.4, 0.5) is 10.1 Å². The van der Waals surface area contributed by atoms with E-state index in [1.54, 1.807) is 12.1 Å². The highest BCUT2D eigenvalue weighted by atomic mass is 35.5. The summed E-state index contributed by atoms with van der Waals surface area (Å²) in [6, 6.07) is 12.2. The highest BCUT2D eigenvalue weighted by molar-refractivity contribution is 7.99. The Kier molecular flexibility index (Phi) is 5.65. The summed E-state index contributed by atoms with van der Waals surface area (Å²) in [5, 5.41) is 3.22. The van der Waals surface area contributed by atoms with Gasteiger partial charge in [-0.1, -0.05) is 35.9 Å². The van der Waals surface area contributed by atoms with Crippen molar-refractivity contribution in [1.82, 2.24) is 0 Å². The smallest absolute Gasteiger partial charge is 0.234 e. The molecule has 0 unspecified atom stereocenters. The van der Waals surface area contributed by atoms with Gasteiger partial charge in [0.25, 0.3) is 0 Å². The van der Waals surface area contributed by atoms with Crippen molar-refractivity contribution in [3.8, 4) is 0 Å². The lowest BCUT2D eigenvalue weighted by molar-refractivity contribution is -0.113. The Hall–Kier alpha value is -1.52. The van der Waals surface area contributed by atoms with Crippen molar-refractivity contribution in [2.75, 3.05) is 11.1 Å². The molecule has 0 fully saturated rings. The number of halogens is 2. The van der Waals surface area contributed by atoms with Crippen LogP contribution in [0.5, 0.6) is 0 Å². The Labute approximate surface area is 132 Å². The fraction of sp³-hybridized carbons (Fsp3) is 0.188. The van der Waals surface area contributed by atoms with Crippen LogP contribution >= 0.6 is 23.4 Å². The normalized spacial score (nSPS) is 10.4. The molecule has 0 aliphatic carbocycles. The number of amides is 1. The molecule has 0 aliphatic heterocycles. The predicted molar refractivity (Wildman–Crippen MR) is 87.4 cm³/mol. The van der Waals surface area contributed by atoms with Crippen LogP contribution in [-0.2, 0) is 10.5 Å². The third-order valence-electron chi connectivity index (χ3n) is 2.92. The van der Waals surface area contributed by atoms with Gasteiger partial charge in [0.2, 0.25) is 5.91 Å². The molecule has 2 rings (SSSR count). The zero-order valence-corrected chi connectivity index (χ0v) is 13.1. The lowest BCUT2D eigenvalue weighted by Crippen LogP contribution is -2.14. The van der Waals surface area contributed by atoms with Gasteiger partial charge in [-0.05, 0) is 36.2 Å². The summed E-state index contributed by atoms with van der Waals surface area (Å²) in [7, 11) is 0. The van der Waals surface area contributed by atoms with Crippen LogP contribution in [0, 0.1) is 12.7 Å². The fourth-order valence-electron chi connectivity index (χ4n) is 1.79. The molecule has 1 N–H and O–H groups in total. The van der Waals surface area contributed by atoms with Crippen molar-refractivity contribution >= 4 is 35.0 Å². The van der Waals surface area contributed by atoms with E-state index in [2.05, 4.69) is 5.32 Å². The van der Waals surface area contributed by atoms with Crippen LogP contribution in [-0.4, -0.2) is 11.7 Å². The molecule has 0 saturated heterocycles. The maximum absolute atomic E-state index is 13.6. The van der Waals surface area contributed by atoms with Gasteiger partial charge in [0, 0.05) is 16.5 Å². The van der Waals surface area contributed by atoms with Gasteiger partial charge in [0.1, 0.15) is 5.82 Å². The zero-order valence-electron chi connectivity index (χ0n) is 11.5. The minimum absolute atomic E-state index is 0.0938. The molecule has 0 aliphatic rings. The number of hydrogen-bond acceptors (Lipinski definition) is 2. The fourth-order valence-corrected chi connectivity index (χ4v) is 2.76. The number of anilines is 1. The van der Waals surface area contributed by atoms with E-state index < -0.39 is 0 Å². The number of para-hydroxylation sites is 1. The molecule has 2 aromatic carbocycles. The van der Waals surface area contributed by atoms with Crippen molar-refractivity contribution in [3.63, 3.8) is 0 Å². The second-order valence-corrected chi connectivity index (χ2v) is 6.01. The van der Waals surface area contributed by atoms with Crippen LogP contribution in [0.3, 0.4) is 0 Å². The molecule has 1 amide bonds. The Morgan fingerprint density at radius 1 is 1.29 bits per heavy atom. The van der Waals surface area contributed by atoms with E-state index in [0.717, 1.165) is 11.3 Å². The molecule has 0 saturated carbocycles. The Morgan fingerprint density at radius 2 is 2.05 bits per heavy atom. The van der Waals surface area contributed by atoms with E-state index in [1.807, 2.05) is 31.2 Å². The topological polar surface area (TPSA) is 29.1 Å². The van der Waals surface area contributed by atoms with E-state index in [4.69, 9.17) is 11.6 Å². The molecule has 110 valence electrons. The van der Waals surface area contributed by atoms with Gasteiger partial charge < -0.3 is 5.32 Å². The quantitative estimate of drug-likeness (QED) is 0.867. The molecule has 21 heavy (non-hydrogen) atoms. The van der Waals surface area contributed by atoms with Gasteiger partial charge in [-0.2, -0.15) is 0 Å². The summed E-state index contributed by atoms with van der Waals surface area (Å²) in [5.41, 5.74) is 2.37. The van der Waals surface area contributed by atoms with Gasteiger partial charge in [0.15, 0.2) is 0 Å². The van der Waals surface area contributed by atoms with Crippen molar-refractivity contribution in [2.24, 2.45) is 0 Å². The van der Waals surface area contributed by atoms with Crippen LogP contribution in [0.2, 0.25) is 5.02 Å². The molecule has 0 bridgehead atoms. The largest absolute Gasteiger partial charge is 0.325 e. The number of hydrogen-bond donors (Lipinski definition) is 1. The predicted octanol–water partition coefficient (Wildman–Crippen LogP) is 4.66. The third kappa shape index (κ3) is 4.76. The molecule has 0 spiro atoms. The van der Waals surface area contributed by atoms with E-state index in [-0.39, 0.29) is 17.5 Å². The van der Waals surface area contributed by atoms with Gasteiger partial charge in [-0.15, -0.1) is 11.8 Å².